The largest absolute Gasteiger partial charge is 0.444 e. The van der Waals surface area contributed by atoms with Crippen molar-refractivity contribution < 1.29 is 14.3 Å². The molecule has 0 aliphatic rings. The van der Waals surface area contributed by atoms with Crippen molar-refractivity contribution >= 4 is 23.8 Å². The maximum Gasteiger partial charge on any atom is 0.410 e. The number of amides is 2. The second kappa shape index (κ2) is 12.1. The van der Waals surface area contributed by atoms with Crippen LogP contribution >= 0.6 is 11.8 Å². The molecule has 0 aliphatic heterocycles. The number of carbonyl (C=O) groups is 2. The molecule has 6 nitrogen and oxygen atoms in total. The number of hydrogen-bond donors (Lipinski definition) is 2. The van der Waals surface area contributed by atoms with Crippen molar-refractivity contribution in [1.82, 2.24) is 15.5 Å². The fourth-order valence-electron chi connectivity index (χ4n) is 2.03. The van der Waals surface area contributed by atoms with Crippen molar-refractivity contribution in [2.24, 2.45) is 0 Å². The molecule has 156 valence electrons. The van der Waals surface area contributed by atoms with Crippen molar-refractivity contribution in [3.05, 3.63) is 23.1 Å². The molecule has 0 spiro atoms. The molecule has 7 heteroatoms. The summed E-state index contributed by atoms with van der Waals surface area (Å²) in [7, 11) is 0. The third kappa shape index (κ3) is 12.5. The number of hydrogen-bond acceptors (Lipinski definition) is 5. The van der Waals surface area contributed by atoms with Gasteiger partial charge in [-0.15, -0.1) is 0 Å². The van der Waals surface area contributed by atoms with Crippen LogP contribution in [0.15, 0.2) is 23.1 Å². The second-order valence-corrected chi connectivity index (χ2v) is 9.10. The highest BCUT2D eigenvalue weighted by molar-refractivity contribution is 8.06. The van der Waals surface area contributed by atoms with Gasteiger partial charge in [-0.3, -0.25) is 4.79 Å². The zero-order valence-electron chi connectivity index (χ0n) is 18.0. The Kier molecular flexibility index (Phi) is 11.4. The van der Waals surface area contributed by atoms with E-state index in [0.717, 1.165) is 11.3 Å². The monoisotopic (exact) mass is 399 g/mol. The van der Waals surface area contributed by atoms with Crippen LogP contribution in [0, 0.1) is 0 Å². The number of ether oxygens (including phenoxy) is 1. The molecule has 0 aromatic carbocycles. The van der Waals surface area contributed by atoms with E-state index in [2.05, 4.69) is 37.6 Å². The normalized spacial score (nSPS) is 12.4. The van der Waals surface area contributed by atoms with E-state index in [1.165, 1.54) is 11.8 Å². The molecule has 1 atom stereocenters. The van der Waals surface area contributed by atoms with Crippen molar-refractivity contribution in [2.75, 3.05) is 13.1 Å². The first kappa shape index (κ1) is 25.5. The fourth-order valence-corrected chi connectivity index (χ4v) is 2.70. The van der Waals surface area contributed by atoms with Crippen LogP contribution in [-0.2, 0) is 9.53 Å². The minimum absolute atomic E-state index is 0.00730. The minimum Gasteiger partial charge on any atom is -0.444 e. The van der Waals surface area contributed by atoms with Crippen LogP contribution in [0.2, 0.25) is 0 Å². The zero-order valence-corrected chi connectivity index (χ0v) is 18.8. The van der Waals surface area contributed by atoms with Gasteiger partial charge in [-0.1, -0.05) is 45.7 Å². The van der Waals surface area contributed by atoms with Gasteiger partial charge in [0.15, 0.2) is 0 Å². The molecule has 2 amide bonds. The van der Waals surface area contributed by atoms with E-state index in [-0.39, 0.29) is 18.4 Å². The van der Waals surface area contributed by atoms with E-state index < -0.39 is 11.7 Å². The summed E-state index contributed by atoms with van der Waals surface area (Å²) in [6, 6.07) is 0.358. The molecule has 0 aromatic heterocycles. The lowest BCUT2D eigenvalue weighted by atomic mass is 10.2. The van der Waals surface area contributed by atoms with Crippen molar-refractivity contribution in [3.63, 3.8) is 0 Å². The summed E-state index contributed by atoms with van der Waals surface area (Å²) in [5, 5.41) is 6.55. The quantitative estimate of drug-likeness (QED) is 0.544. The van der Waals surface area contributed by atoms with Gasteiger partial charge in [0.1, 0.15) is 5.60 Å². The molecule has 0 saturated heterocycles. The number of rotatable bonds is 11. The number of nitrogens with one attached hydrogen (secondary N) is 2. The van der Waals surface area contributed by atoms with Crippen molar-refractivity contribution in [3.8, 4) is 0 Å². The van der Waals surface area contributed by atoms with E-state index >= 15 is 0 Å². The van der Waals surface area contributed by atoms with E-state index in [1.807, 2.05) is 34.6 Å². The molecule has 0 bridgehead atoms. The number of carbonyl (C=O) groups excluding carboxylic acids is 2. The van der Waals surface area contributed by atoms with Crippen LogP contribution < -0.4 is 10.6 Å². The summed E-state index contributed by atoms with van der Waals surface area (Å²) in [4.78, 5) is 27.1. The van der Waals surface area contributed by atoms with Crippen LogP contribution in [0.3, 0.4) is 0 Å². The third-order valence-corrected chi connectivity index (χ3v) is 4.37. The predicted octanol–water partition coefficient (Wildman–Crippen LogP) is 4.24. The Morgan fingerprint density at radius 2 is 1.78 bits per heavy atom. The third-order valence-electron chi connectivity index (χ3n) is 3.58. The molecule has 0 aliphatic carbocycles. The summed E-state index contributed by atoms with van der Waals surface area (Å²) in [6.07, 6.45) is 0.567. The first-order valence-corrected chi connectivity index (χ1v) is 10.2. The first-order chi connectivity index (χ1) is 12.4. The van der Waals surface area contributed by atoms with Gasteiger partial charge in [-0.2, -0.15) is 0 Å². The van der Waals surface area contributed by atoms with E-state index in [0.29, 0.717) is 24.2 Å². The molecular formula is C20H37N3O3S. The summed E-state index contributed by atoms with van der Waals surface area (Å²) < 4.78 is 5.45. The Hall–Kier alpha value is -1.47. The van der Waals surface area contributed by atoms with E-state index in [9.17, 15) is 9.59 Å². The van der Waals surface area contributed by atoms with Gasteiger partial charge >= 0.3 is 6.09 Å². The second-order valence-electron chi connectivity index (χ2n) is 7.83. The average Bonchev–Trinajstić information content (AvgIpc) is 2.50. The van der Waals surface area contributed by atoms with Gasteiger partial charge in [0.05, 0.1) is 5.03 Å². The Labute approximate surface area is 169 Å². The highest BCUT2D eigenvalue weighted by Crippen LogP contribution is 2.20. The maximum atomic E-state index is 12.4. The molecule has 0 saturated carbocycles. The van der Waals surface area contributed by atoms with Crippen LogP contribution in [-0.4, -0.2) is 47.7 Å². The average molecular weight is 400 g/mol. The van der Waals surface area contributed by atoms with Gasteiger partial charge in [0.2, 0.25) is 5.91 Å². The number of thioether (sulfide) groups is 1. The van der Waals surface area contributed by atoms with Gasteiger partial charge in [-0.25, -0.2) is 4.79 Å². The summed E-state index contributed by atoms with van der Waals surface area (Å²) in [5.74, 6) is -0.186. The van der Waals surface area contributed by atoms with E-state index in [1.54, 1.807) is 4.90 Å². The molecule has 27 heavy (non-hydrogen) atoms. The fraction of sp³-hybridized carbons (Fsp3) is 0.700. The van der Waals surface area contributed by atoms with Crippen LogP contribution in [0.25, 0.3) is 0 Å². The maximum absolute atomic E-state index is 12.4. The molecule has 0 heterocycles. The summed E-state index contributed by atoms with van der Waals surface area (Å²) in [5.41, 5.74) is -0.569. The minimum atomic E-state index is -0.569. The smallest absolute Gasteiger partial charge is 0.410 e. The SMILES string of the molecule is C=C(CNC(C)C)SC(=C)NC(=O)CCN(C(=O)OC(C)(C)C)C(C)CC. The highest BCUT2D eigenvalue weighted by Gasteiger charge is 2.25. The molecular weight excluding hydrogens is 362 g/mol. The lowest BCUT2D eigenvalue weighted by Crippen LogP contribution is -2.43. The molecule has 0 radical (unpaired) electrons. The van der Waals surface area contributed by atoms with Crippen LogP contribution in [0.1, 0.15) is 61.3 Å². The van der Waals surface area contributed by atoms with Crippen LogP contribution in [0.4, 0.5) is 4.79 Å². The molecule has 2 N–H and O–H groups in total. The Balaban J connectivity index is 4.54. The van der Waals surface area contributed by atoms with E-state index in [4.69, 9.17) is 4.74 Å². The Morgan fingerprint density at radius 1 is 1.19 bits per heavy atom. The topological polar surface area (TPSA) is 70.7 Å². The summed E-state index contributed by atoms with van der Waals surface area (Å²) in [6.45, 7) is 22.3. The molecule has 0 aromatic rings. The highest BCUT2D eigenvalue weighted by atomic mass is 32.2. The van der Waals surface area contributed by atoms with Crippen molar-refractivity contribution in [1.29, 1.82) is 0 Å². The first-order valence-electron chi connectivity index (χ1n) is 9.43. The molecule has 1 unspecified atom stereocenters. The number of nitrogens with zero attached hydrogens (tertiary/aromatic N) is 1. The predicted molar refractivity (Wildman–Crippen MR) is 114 cm³/mol. The van der Waals surface area contributed by atoms with Gasteiger partial charge in [0, 0.05) is 31.6 Å². The Morgan fingerprint density at radius 3 is 2.26 bits per heavy atom. The lowest BCUT2D eigenvalue weighted by molar-refractivity contribution is -0.120. The molecule has 0 rings (SSSR count). The standard InChI is InChI=1S/C20H37N3O3S/c1-10-15(4)23(19(25)26-20(7,8)9)12-11-18(24)22-17(6)27-16(5)13-21-14(2)3/h14-15,21H,5-6,10-13H2,1-4,7-9H3,(H,22,24). The molecule has 0 fully saturated rings. The Bertz CT molecular complexity index is 527. The van der Waals surface area contributed by atoms with Gasteiger partial charge < -0.3 is 20.3 Å². The van der Waals surface area contributed by atoms with Gasteiger partial charge in [0.25, 0.3) is 0 Å². The van der Waals surface area contributed by atoms with Gasteiger partial charge in [-0.05, 0) is 39.0 Å². The summed E-state index contributed by atoms with van der Waals surface area (Å²) >= 11 is 1.34. The zero-order chi connectivity index (χ0) is 21.2. The lowest BCUT2D eigenvalue weighted by Gasteiger charge is -2.31. The van der Waals surface area contributed by atoms with Crippen molar-refractivity contribution in [2.45, 2.75) is 79.0 Å². The van der Waals surface area contributed by atoms with Crippen LogP contribution in [0.5, 0.6) is 0 Å².